The maximum Gasteiger partial charge on any atom is 0.178 e. The lowest BCUT2D eigenvalue weighted by Crippen LogP contribution is -2.12. The van der Waals surface area contributed by atoms with Gasteiger partial charge < -0.3 is 0 Å². The number of Topliss-reactive ketones (excluding diaryl/α,β-unsaturated/α-hetero) is 1. The van der Waals surface area contributed by atoms with Crippen LogP contribution in [0.4, 0.5) is 0 Å². The highest BCUT2D eigenvalue weighted by atomic mass is 32.2. The molecule has 0 unspecified atom stereocenters. The number of hydrogen-bond donors (Lipinski definition) is 0. The Kier molecular flexibility index (Phi) is 5.08. The van der Waals surface area contributed by atoms with E-state index in [-0.39, 0.29) is 17.5 Å². The maximum absolute atomic E-state index is 12.0. The standard InChI is InChI=1S/C14H20O3S/c1-4-5-14(15)12-6-8-13(9-7-12)18(16,17)10-11(2)3/h6-9,11H,4-5,10H2,1-3H3. The molecule has 3 nitrogen and oxygen atoms in total. The first-order valence-electron chi connectivity index (χ1n) is 6.23. The molecule has 0 amide bonds. The first-order chi connectivity index (χ1) is 8.36. The lowest BCUT2D eigenvalue weighted by Gasteiger charge is -2.07. The second kappa shape index (κ2) is 6.14. The molecular formula is C14H20O3S. The lowest BCUT2D eigenvalue weighted by atomic mass is 10.1. The predicted octanol–water partition coefficient (Wildman–Crippen LogP) is 3.10. The molecule has 4 heteroatoms. The van der Waals surface area contributed by atoms with Crippen LogP contribution < -0.4 is 0 Å². The predicted molar refractivity (Wildman–Crippen MR) is 72.6 cm³/mol. The van der Waals surface area contributed by atoms with Gasteiger partial charge in [-0.25, -0.2) is 8.42 Å². The van der Waals surface area contributed by atoms with Crippen molar-refractivity contribution in [3.8, 4) is 0 Å². The third-order valence-corrected chi connectivity index (χ3v) is 4.66. The summed E-state index contributed by atoms with van der Waals surface area (Å²) in [6.07, 6.45) is 1.30. The number of sulfone groups is 1. The first-order valence-corrected chi connectivity index (χ1v) is 7.88. The second-order valence-corrected chi connectivity index (χ2v) is 6.91. The topological polar surface area (TPSA) is 51.2 Å². The van der Waals surface area contributed by atoms with Gasteiger partial charge in [0, 0.05) is 12.0 Å². The van der Waals surface area contributed by atoms with Gasteiger partial charge in [-0.3, -0.25) is 4.79 Å². The van der Waals surface area contributed by atoms with E-state index in [9.17, 15) is 13.2 Å². The van der Waals surface area contributed by atoms with E-state index in [0.717, 1.165) is 6.42 Å². The normalized spacial score (nSPS) is 11.8. The minimum Gasteiger partial charge on any atom is -0.294 e. The molecular weight excluding hydrogens is 248 g/mol. The van der Waals surface area contributed by atoms with Gasteiger partial charge in [0.15, 0.2) is 15.6 Å². The van der Waals surface area contributed by atoms with Crippen LogP contribution >= 0.6 is 0 Å². The van der Waals surface area contributed by atoms with Gasteiger partial charge in [0.25, 0.3) is 0 Å². The Morgan fingerprint density at radius 3 is 2.17 bits per heavy atom. The van der Waals surface area contributed by atoms with Crippen molar-refractivity contribution in [2.45, 2.75) is 38.5 Å². The van der Waals surface area contributed by atoms with Crippen LogP contribution in [0, 0.1) is 5.92 Å². The molecule has 0 fully saturated rings. The monoisotopic (exact) mass is 268 g/mol. The van der Waals surface area contributed by atoms with E-state index in [4.69, 9.17) is 0 Å². The molecule has 0 radical (unpaired) electrons. The molecule has 0 aliphatic carbocycles. The van der Waals surface area contributed by atoms with E-state index in [2.05, 4.69) is 0 Å². The van der Waals surface area contributed by atoms with E-state index in [1.54, 1.807) is 12.1 Å². The fourth-order valence-corrected chi connectivity index (χ4v) is 3.38. The van der Waals surface area contributed by atoms with Crippen LogP contribution in [0.15, 0.2) is 29.2 Å². The largest absolute Gasteiger partial charge is 0.294 e. The van der Waals surface area contributed by atoms with Gasteiger partial charge in [-0.1, -0.05) is 32.9 Å². The van der Waals surface area contributed by atoms with Crippen LogP contribution in [0.3, 0.4) is 0 Å². The van der Waals surface area contributed by atoms with Crippen LogP contribution in [0.2, 0.25) is 0 Å². The number of ketones is 1. The van der Waals surface area contributed by atoms with Gasteiger partial charge in [0.2, 0.25) is 0 Å². The SMILES string of the molecule is CCCC(=O)c1ccc(S(=O)(=O)CC(C)C)cc1. The third kappa shape index (κ3) is 3.95. The van der Waals surface area contributed by atoms with Gasteiger partial charge in [-0.15, -0.1) is 0 Å². The highest BCUT2D eigenvalue weighted by molar-refractivity contribution is 7.91. The van der Waals surface area contributed by atoms with Crippen molar-refractivity contribution in [3.05, 3.63) is 29.8 Å². The summed E-state index contributed by atoms with van der Waals surface area (Å²) >= 11 is 0. The van der Waals surface area contributed by atoms with Crippen molar-refractivity contribution in [3.63, 3.8) is 0 Å². The molecule has 1 aromatic carbocycles. The summed E-state index contributed by atoms with van der Waals surface area (Å²) in [5, 5.41) is 0. The zero-order valence-electron chi connectivity index (χ0n) is 11.1. The highest BCUT2D eigenvalue weighted by Crippen LogP contribution is 2.16. The van der Waals surface area contributed by atoms with Crippen LogP contribution in [0.25, 0.3) is 0 Å². The molecule has 100 valence electrons. The van der Waals surface area contributed by atoms with Gasteiger partial charge in [-0.2, -0.15) is 0 Å². The summed E-state index contributed by atoms with van der Waals surface area (Å²) in [7, 11) is -3.23. The van der Waals surface area contributed by atoms with Crippen molar-refractivity contribution in [1.29, 1.82) is 0 Å². The first kappa shape index (κ1) is 14.9. The Balaban J connectivity index is 2.92. The molecule has 0 saturated heterocycles. The van der Waals surface area contributed by atoms with Crippen molar-refractivity contribution in [2.75, 3.05) is 5.75 Å². The minimum absolute atomic E-state index is 0.0605. The number of carbonyl (C=O) groups excluding carboxylic acids is 1. The van der Waals surface area contributed by atoms with Crippen molar-refractivity contribution < 1.29 is 13.2 Å². The molecule has 0 bridgehead atoms. The quantitative estimate of drug-likeness (QED) is 0.745. The van der Waals surface area contributed by atoms with E-state index in [0.29, 0.717) is 16.9 Å². The van der Waals surface area contributed by atoms with Crippen LogP contribution in [-0.2, 0) is 9.84 Å². The van der Waals surface area contributed by atoms with E-state index < -0.39 is 9.84 Å². The zero-order valence-corrected chi connectivity index (χ0v) is 12.0. The molecule has 1 aromatic rings. The highest BCUT2D eigenvalue weighted by Gasteiger charge is 2.16. The Hall–Kier alpha value is -1.16. The Bertz CT molecular complexity index is 498. The van der Waals surface area contributed by atoms with Gasteiger partial charge in [0.05, 0.1) is 10.6 Å². The molecule has 0 heterocycles. The molecule has 0 N–H and O–H groups in total. The van der Waals surface area contributed by atoms with Gasteiger partial charge in [-0.05, 0) is 24.5 Å². The van der Waals surface area contributed by atoms with Crippen molar-refractivity contribution >= 4 is 15.6 Å². The molecule has 0 atom stereocenters. The molecule has 18 heavy (non-hydrogen) atoms. The van der Waals surface area contributed by atoms with Gasteiger partial charge >= 0.3 is 0 Å². The summed E-state index contributed by atoms with van der Waals surface area (Å²) in [5.74, 6) is 0.289. The van der Waals surface area contributed by atoms with Crippen molar-refractivity contribution in [1.82, 2.24) is 0 Å². The summed E-state index contributed by atoms with van der Waals surface area (Å²) in [5.41, 5.74) is 0.584. The molecule has 0 spiro atoms. The number of carbonyl (C=O) groups is 1. The Morgan fingerprint density at radius 1 is 1.17 bits per heavy atom. The summed E-state index contributed by atoms with van der Waals surface area (Å²) in [6, 6.07) is 6.26. The summed E-state index contributed by atoms with van der Waals surface area (Å²) in [4.78, 5) is 11.9. The zero-order chi connectivity index (χ0) is 13.8. The van der Waals surface area contributed by atoms with Gasteiger partial charge in [0.1, 0.15) is 0 Å². The molecule has 0 aliphatic rings. The molecule has 1 rings (SSSR count). The summed E-state index contributed by atoms with van der Waals surface area (Å²) < 4.78 is 23.9. The van der Waals surface area contributed by atoms with E-state index in [1.165, 1.54) is 12.1 Å². The van der Waals surface area contributed by atoms with E-state index in [1.807, 2.05) is 20.8 Å². The molecule has 0 aliphatic heterocycles. The Morgan fingerprint density at radius 2 is 1.72 bits per heavy atom. The number of rotatable bonds is 6. The van der Waals surface area contributed by atoms with Crippen molar-refractivity contribution in [2.24, 2.45) is 5.92 Å². The average Bonchev–Trinajstić information content (AvgIpc) is 2.28. The molecule has 0 aromatic heterocycles. The number of hydrogen-bond acceptors (Lipinski definition) is 3. The lowest BCUT2D eigenvalue weighted by molar-refractivity contribution is 0.0981. The average molecular weight is 268 g/mol. The van der Waals surface area contributed by atoms with Crippen LogP contribution in [0.1, 0.15) is 44.0 Å². The van der Waals surface area contributed by atoms with Crippen LogP contribution in [-0.4, -0.2) is 20.0 Å². The molecule has 0 saturated carbocycles. The number of benzene rings is 1. The van der Waals surface area contributed by atoms with E-state index >= 15 is 0 Å². The Labute approximate surface area is 109 Å². The summed E-state index contributed by atoms with van der Waals surface area (Å²) in [6.45, 7) is 5.69. The fraction of sp³-hybridized carbons (Fsp3) is 0.500. The smallest absolute Gasteiger partial charge is 0.178 e. The second-order valence-electron chi connectivity index (χ2n) is 4.87. The van der Waals surface area contributed by atoms with Crippen LogP contribution in [0.5, 0.6) is 0 Å². The fourth-order valence-electron chi connectivity index (χ4n) is 1.75. The third-order valence-electron chi connectivity index (χ3n) is 2.57. The minimum atomic E-state index is -3.23. The maximum atomic E-state index is 12.0.